The fourth-order valence-corrected chi connectivity index (χ4v) is 2.93. The van der Waals surface area contributed by atoms with Crippen molar-refractivity contribution in [3.8, 4) is 0 Å². The minimum Gasteiger partial charge on any atom is -0.465 e. The van der Waals surface area contributed by atoms with Crippen molar-refractivity contribution in [1.82, 2.24) is 9.47 Å². The number of allylic oxidation sites excluding steroid dienone is 2. The van der Waals surface area contributed by atoms with E-state index in [1.54, 1.807) is 4.90 Å². The first-order valence-electron chi connectivity index (χ1n) is 8.35. The molecule has 140 valence electrons. The number of pyridine rings is 1. The Bertz CT molecular complexity index is 811. The van der Waals surface area contributed by atoms with Gasteiger partial charge in [-0.05, 0) is 32.6 Å². The number of nitrogens with zero attached hydrogens (tertiary/aromatic N) is 3. The number of carbonyl (C=O) groups is 2. The SMILES string of the molecule is CCN(C(=O)Cn1cc([N+](=O)[O-])cc(C(=O)OC)c1=O)C1=CCCCC1. The smallest absolute Gasteiger partial charge is 0.343 e. The highest BCUT2D eigenvalue weighted by Crippen LogP contribution is 2.21. The van der Waals surface area contributed by atoms with Crippen molar-refractivity contribution in [1.29, 1.82) is 0 Å². The number of esters is 1. The predicted molar refractivity (Wildman–Crippen MR) is 92.6 cm³/mol. The van der Waals surface area contributed by atoms with Crippen LogP contribution < -0.4 is 5.56 Å². The summed E-state index contributed by atoms with van der Waals surface area (Å²) in [4.78, 5) is 48.7. The Morgan fingerprint density at radius 3 is 2.65 bits per heavy atom. The Hall–Kier alpha value is -2.97. The third kappa shape index (κ3) is 4.16. The molecular weight excluding hydrogens is 342 g/mol. The van der Waals surface area contributed by atoms with Gasteiger partial charge in [-0.15, -0.1) is 0 Å². The van der Waals surface area contributed by atoms with Crippen molar-refractivity contribution < 1.29 is 19.2 Å². The second-order valence-electron chi connectivity index (χ2n) is 5.87. The Labute approximate surface area is 150 Å². The molecule has 0 saturated heterocycles. The van der Waals surface area contributed by atoms with Gasteiger partial charge in [0.2, 0.25) is 5.91 Å². The van der Waals surface area contributed by atoms with E-state index in [4.69, 9.17) is 0 Å². The van der Waals surface area contributed by atoms with Gasteiger partial charge in [-0.3, -0.25) is 24.3 Å². The van der Waals surface area contributed by atoms with Crippen LogP contribution >= 0.6 is 0 Å². The van der Waals surface area contributed by atoms with Gasteiger partial charge in [0.15, 0.2) is 0 Å². The summed E-state index contributed by atoms with van der Waals surface area (Å²) in [7, 11) is 1.07. The summed E-state index contributed by atoms with van der Waals surface area (Å²) >= 11 is 0. The first-order chi connectivity index (χ1) is 12.4. The first-order valence-corrected chi connectivity index (χ1v) is 8.35. The molecule has 9 heteroatoms. The van der Waals surface area contributed by atoms with Crippen molar-refractivity contribution in [2.24, 2.45) is 0 Å². The van der Waals surface area contributed by atoms with E-state index in [0.29, 0.717) is 6.54 Å². The number of hydrogen-bond donors (Lipinski definition) is 0. The normalized spacial score (nSPS) is 13.7. The van der Waals surface area contributed by atoms with Crippen LogP contribution in [0.1, 0.15) is 43.0 Å². The minimum absolute atomic E-state index is 0.362. The molecule has 0 spiro atoms. The van der Waals surface area contributed by atoms with Crippen molar-refractivity contribution in [2.45, 2.75) is 39.2 Å². The fraction of sp³-hybridized carbons (Fsp3) is 0.471. The number of likely N-dealkylation sites (N-methyl/N-ethyl adjacent to an activating group) is 1. The maximum Gasteiger partial charge on any atom is 0.343 e. The quantitative estimate of drug-likeness (QED) is 0.433. The van der Waals surface area contributed by atoms with E-state index in [2.05, 4.69) is 4.74 Å². The average Bonchev–Trinajstić information content (AvgIpc) is 2.64. The lowest BCUT2D eigenvalue weighted by atomic mass is 10.0. The third-order valence-corrected chi connectivity index (χ3v) is 4.22. The van der Waals surface area contributed by atoms with Crippen molar-refractivity contribution in [2.75, 3.05) is 13.7 Å². The van der Waals surface area contributed by atoms with Gasteiger partial charge < -0.3 is 9.64 Å². The monoisotopic (exact) mass is 363 g/mol. The van der Waals surface area contributed by atoms with Crippen LogP contribution in [0.5, 0.6) is 0 Å². The summed E-state index contributed by atoms with van der Waals surface area (Å²) in [5, 5.41) is 11.1. The van der Waals surface area contributed by atoms with Gasteiger partial charge in [0.05, 0.1) is 18.2 Å². The Morgan fingerprint density at radius 1 is 1.38 bits per heavy atom. The zero-order valence-electron chi connectivity index (χ0n) is 14.8. The number of amides is 1. The number of carbonyl (C=O) groups excluding carboxylic acids is 2. The molecule has 1 amide bonds. The van der Waals surface area contributed by atoms with Gasteiger partial charge in [0.1, 0.15) is 12.1 Å². The van der Waals surface area contributed by atoms with Crippen LogP contribution in [0.2, 0.25) is 0 Å². The lowest BCUT2D eigenvalue weighted by Gasteiger charge is -2.26. The Balaban J connectivity index is 2.37. The van der Waals surface area contributed by atoms with Crippen molar-refractivity contribution in [3.63, 3.8) is 0 Å². The molecular formula is C17H21N3O6. The van der Waals surface area contributed by atoms with E-state index < -0.39 is 34.2 Å². The fourth-order valence-electron chi connectivity index (χ4n) is 2.93. The molecule has 0 N–H and O–H groups in total. The van der Waals surface area contributed by atoms with Crippen LogP contribution in [0.25, 0.3) is 0 Å². The van der Waals surface area contributed by atoms with Gasteiger partial charge in [-0.25, -0.2) is 4.79 Å². The number of aromatic nitrogens is 1. The van der Waals surface area contributed by atoms with Gasteiger partial charge in [-0.1, -0.05) is 6.08 Å². The number of rotatable bonds is 6. The topological polar surface area (TPSA) is 112 Å². The lowest BCUT2D eigenvalue weighted by Crippen LogP contribution is -2.37. The summed E-state index contributed by atoms with van der Waals surface area (Å²) in [5.41, 5.74) is -0.841. The second kappa shape index (κ2) is 8.41. The molecule has 2 rings (SSSR count). The lowest BCUT2D eigenvalue weighted by molar-refractivity contribution is -0.385. The van der Waals surface area contributed by atoms with Crippen molar-refractivity contribution in [3.05, 3.63) is 50.1 Å². The zero-order valence-corrected chi connectivity index (χ0v) is 14.8. The van der Waals surface area contributed by atoms with Crippen molar-refractivity contribution >= 4 is 17.6 Å². The molecule has 1 aliphatic carbocycles. The van der Waals surface area contributed by atoms with E-state index in [-0.39, 0.29) is 5.91 Å². The number of methoxy groups -OCH3 is 1. The molecule has 0 aromatic carbocycles. The molecule has 26 heavy (non-hydrogen) atoms. The molecule has 0 aliphatic heterocycles. The van der Waals surface area contributed by atoms with Gasteiger partial charge >= 0.3 is 5.97 Å². The molecule has 0 bridgehead atoms. The summed E-state index contributed by atoms with van der Waals surface area (Å²) in [6, 6.07) is 0.858. The maximum atomic E-state index is 12.7. The standard InChI is InChI=1S/C17H21N3O6/c1-3-19(12-7-5-4-6-8-12)15(21)11-18-10-13(20(24)25)9-14(16(18)22)17(23)26-2/h7,9-10H,3-6,8,11H2,1-2H3. The number of ether oxygens (including phenoxy) is 1. The molecule has 0 unspecified atom stereocenters. The molecule has 9 nitrogen and oxygen atoms in total. The van der Waals surface area contributed by atoms with Gasteiger partial charge in [0.25, 0.3) is 11.2 Å². The average molecular weight is 363 g/mol. The summed E-state index contributed by atoms with van der Waals surface area (Å²) in [5.74, 6) is -1.35. The highest BCUT2D eigenvalue weighted by molar-refractivity contribution is 5.89. The van der Waals surface area contributed by atoms with Crippen LogP contribution in [0.4, 0.5) is 5.69 Å². The molecule has 1 heterocycles. The molecule has 0 radical (unpaired) electrons. The third-order valence-electron chi connectivity index (χ3n) is 4.22. The van der Waals surface area contributed by atoms with E-state index in [9.17, 15) is 24.5 Å². The molecule has 1 aliphatic rings. The van der Waals surface area contributed by atoms with Crippen LogP contribution in [0, 0.1) is 10.1 Å². The molecule has 0 atom stereocenters. The van der Waals surface area contributed by atoms with Crippen LogP contribution in [-0.2, 0) is 16.1 Å². The second-order valence-corrected chi connectivity index (χ2v) is 5.87. The molecule has 1 aromatic heterocycles. The maximum absolute atomic E-state index is 12.7. The zero-order chi connectivity index (χ0) is 19.3. The number of hydrogen-bond acceptors (Lipinski definition) is 6. The van der Waals surface area contributed by atoms with E-state index in [1.165, 1.54) is 0 Å². The first kappa shape index (κ1) is 19.4. The molecule has 0 fully saturated rings. The summed E-state index contributed by atoms with van der Waals surface area (Å²) in [6.07, 6.45) is 6.69. The Morgan fingerprint density at radius 2 is 2.12 bits per heavy atom. The Kier molecular flexibility index (Phi) is 6.26. The van der Waals surface area contributed by atoms with E-state index >= 15 is 0 Å². The van der Waals surface area contributed by atoms with Crippen LogP contribution in [-0.4, -0.2) is 39.9 Å². The minimum atomic E-state index is -0.984. The highest BCUT2D eigenvalue weighted by Gasteiger charge is 2.23. The largest absolute Gasteiger partial charge is 0.465 e. The van der Waals surface area contributed by atoms with Gasteiger partial charge in [-0.2, -0.15) is 0 Å². The molecule has 1 aromatic rings. The number of nitro groups is 1. The highest BCUT2D eigenvalue weighted by atomic mass is 16.6. The molecule has 0 saturated carbocycles. The van der Waals surface area contributed by atoms with E-state index in [0.717, 1.165) is 55.3 Å². The summed E-state index contributed by atoms with van der Waals surface area (Å²) in [6.45, 7) is 1.86. The van der Waals surface area contributed by atoms with E-state index in [1.807, 2.05) is 13.0 Å². The summed E-state index contributed by atoms with van der Waals surface area (Å²) < 4.78 is 5.38. The van der Waals surface area contributed by atoms with Crippen LogP contribution in [0.15, 0.2) is 28.8 Å². The van der Waals surface area contributed by atoms with Crippen LogP contribution in [0.3, 0.4) is 0 Å². The predicted octanol–water partition coefficient (Wildman–Crippen LogP) is 1.85. The van der Waals surface area contributed by atoms with Gasteiger partial charge in [0, 0.05) is 18.3 Å².